The summed E-state index contributed by atoms with van der Waals surface area (Å²) in [6.45, 7) is 0.401. The van der Waals surface area contributed by atoms with Crippen molar-refractivity contribution in [3.05, 3.63) is 77.2 Å². The van der Waals surface area contributed by atoms with Gasteiger partial charge in [0.1, 0.15) is 11.6 Å². The van der Waals surface area contributed by atoms with Gasteiger partial charge in [0.15, 0.2) is 5.03 Å². The highest BCUT2D eigenvalue weighted by atomic mass is 32.2. The number of benzene rings is 2. The van der Waals surface area contributed by atoms with Crippen LogP contribution in [-0.2, 0) is 36.3 Å². The van der Waals surface area contributed by atoms with E-state index in [0.717, 1.165) is 25.0 Å². The number of aromatic nitrogens is 2. The Bertz CT molecular complexity index is 1180. The minimum atomic E-state index is -3.56. The Balaban J connectivity index is 1.46. The molecular formula is C24H30N4O3S. The molecule has 0 amide bonds. The highest BCUT2D eigenvalue weighted by Crippen LogP contribution is 2.35. The van der Waals surface area contributed by atoms with Crippen molar-refractivity contribution in [1.82, 2.24) is 14.3 Å². The van der Waals surface area contributed by atoms with Crippen LogP contribution in [0, 0.1) is 0 Å². The number of imidazole rings is 1. The smallest absolute Gasteiger partial charge is 0.259 e. The zero-order valence-electron chi connectivity index (χ0n) is 18.5. The summed E-state index contributed by atoms with van der Waals surface area (Å²) in [4.78, 5) is 4.24. The van der Waals surface area contributed by atoms with Crippen LogP contribution >= 0.6 is 0 Å². The quantitative estimate of drug-likeness (QED) is 0.545. The second kappa shape index (κ2) is 9.44. The maximum absolute atomic E-state index is 12.0. The van der Waals surface area contributed by atoms with Crippen molar-refractivity contribution in [2.24, 2.45) is 12.8 Å². The van der Waals surface area contributed by atoms with Crippen molar-refractivity contribution in [2.75, 3.05) is 13.7 Å². The lowest BCUT2D eigenvalue weighted by Gasteiger charge is -2.32. The Hall–Kier alpha value is -2.68. The van der Waals surface area contributed by atoms with E-state index in [4.69, 9.17) is 10.5 Å². The summed E-state index contributed by atoms with van der Waals surface area (Å²) in [6.07, 6.45) is 4.89. The van der Waals surface area contributed by atoms with Gasteiger partial charge in [-0.3, -0.25) is 0 Å². The number of sulfonamides is 1. The molecule has 2 unspecified atom stereocenters. The molecule has 0 radical (unpaired) electrons. The van der Waals surface area contributed by atoms with Crippen LogP contribution in [0.1, 0.15) is 34.9 Å². The van der Waals surface area contributed by atoms with E-state index in [1.165, 1.54) is 29.9 Å². The standard InChI is InChI=1S/C24H30N4O3S/c1-26-32(29,30)24-16-28(2)23(27-24)12-13-31-19-10-8-18-9-11-22(25)21(20(18)15-19)14-17-6-4-3-5-7-17/h3-8,10,15-16,21-22,26H,9,11-14,25H2,1-2H3. The van der Waals surface area contributed by atoms with Gasteiger partial charge in [0, 0.05) is 31.6 Å². The van der Waals surface area contributed by atoms with Gasteiger partial charge >= 0.3 is 0 Å². The Morgan fingerprint density at radius 2 is 2.00 bits per heavy atom. The SMILES string of the molecule is CNS(=O)(=O)c1cn(C)c(CCOc2ccc3c(c2)C(Cc2ccccc2)C(N)CC3)n1. The molecule has 0 aliphatic heterocycles. The van der Waals surface area contributed by atoms with Gasteiger partial charge < -0.3 is 15.0 Å². The average molecular weight is 455 g/mol. The van der Waals surface area contributed by atoms with Crippen molar-refractivity contribution in [2.45, 2.75) is 42.7 Å². The Labute approximate surface area is 189 Å². The summed E-state index contributed by atoms with van der Waals surface area (Å²) in [5.74, 6) is 1.71. The Morgan fingerprint density at radius 3 is 2.75 bits per heavy atom. The first-order valence-corrected chi connectivity index (χ1v) is 12.4. The third-order valence-electron chi connectivity index (χ3n) is 6.17. The number of hydrogen-bond donors (Lipinski definition) is 2. The molecule has 3 aromatic rings. The molecule has 0 bridgehead atoms. The molecule has 4 rings (SSSR count). The monoisotopic (exact) mass is 454 g/mol. The van der Waals surface area contributed by atoms with Crippen molar-refractivity contribution >= 4 is 10.0 Å². The second-order valence-corrected chi connectivity index (χ2v) is 10.1. The van der Waals surface area contributed by atoms with Crippen molar-refractivity contribution in [3.8, 4) is 5.75 Å². The van der Waals surface area contributed by atoms with Gasteiger partial charge in [0.05, 0.1) is 6.61 Å². The summed E-state index contributed by atoms with van der Waals surface area (Å²) in [7, 11) is -0.401. The molecule has 3 N–H and O–H groups in total. The summed E-state index contributed by atoms with van der Waals surface area (Å²) in [5.41, 5.74) is 10.4. The topological polar surface area (TPSA) is 99.2 Å². The zero-order valence-corrected chi connectivity index (χ0v) is 19.3. The molecule has 1 aliphatic rings. The number of hydrogen-bond acceptors (Lipinski definition) is 5. The Morgan fingerprint density at radius 1 is 1.22 bits per heavy atom. The first-order chi connectivity index (χ1) is 15.4. The van der Waals surface area contributed by atoms with Crippen LogP contribution in [-0.4, -0.2) is 37.7 Å². The number of aryl methyl sites for hydroxylation is 2. The molecule has 0 saturated heterocycles. The van der Waals surface area contributed by atoms with E-state index >= 15 is 0 Å². The van der Waals surface area contributed by atoms with Gasteiger partial charge in [0.2, 0.25) is 0 Å². The van der Waals surface area contributed by atoms with E-state index in [2.05, 4.69) is 46.1 Å². The normalized spacial score (nSPS) is 18.3. The van der Waals surface area contributed by atoms with Crippen LogP contribution in [0.15, 0.2) is 59.8 Å². The van der Waals surface area contributed by atoms with Gasteiger partial charge in [-0.05, 0) is 55.1 Å². The number of fused-ring (bicyclic) bond motifs is 1. The fourth-order valence-electron chi connectivity index (χ4n) is 4.32. The number of rotatable bonds is 8. The van der Waals surface area contributed by atoms with Crippen LogP contribution in [0.5, 0.6) is 5.75 Å². The van der Waals surface area contributed by atoms with Crippen molar-refractivity contribution in [1.29, 1.82) is 0 Å². The lowest BCUT2D eigenvalue weighted by atomic mass is 9.76. The second-order valence-electron chi connectivity index (χ2n) is 8.27. The van der Waals surface area contributed by atoms with Gasteiger partial charge in [0.25, 0.3) is 10.0 Å². The number of ether oxygens (including phenoxy) is 1. The molecule has 1 heterocycles. The number of nitrogens with one attached hydrogen (secondary N) is 1. The van der Waals surface area contributed by atoms with Crippen molar-refractivity contribution < 1.29 is 13.2 Å². The third kappa shape index (κ3) is 4.87. The highest BCUT2D eigenvalue weighted by Gasteiger charge is 2.27. The maximum atomic E-state index is 12.0. The van der Waals surface area contributed by atoms with E-state index < -0.39 is 10.0 Å². The predicted molar refractivity (Wildman–Crippen MR) is 124 cm³/mol. The number of nitrogens with zero attached hydrogens (tertiary/aromatic N) is 2. The molecule has 170 valence electrons. The van der Waals surface area contributed by atoms with Gasteiger partial charge in [-0.25, -0.2) is 18.1 Å². The number of nitrogens with two attached hydrogens (primary N) is 1. The highest BCUT2D eigenvalue weighted by molar-refractivity contribution is 7.89. The minimum absolute atomic E-state index is 0.0176. The van der Waals surface area contributed by atoms with Gasteiger partial charge in [-0.15, -0.1) is 0 Å². The van der Waals surface area contributed by atoms with E-state index in [-0.39, 0.29) is 17.0 Å². The molecule has 8 heteroatoms. The van der Waals surface area contributed by atoms with E-state index in [9.17, 15) is 8.42 Å². The molecule has 2 atom stereocenters. The summed E-state index contributed by atoms with van der Waals surface area (Å²) >= 11 is 0. The van der Waals surface area contributed by atoms with Gasteiger partial charge in [-0.2, -0.15) is 0 Å². The molecule has 2 aromatic carbocycles. The minimum Gasteiger partial charge on any atom is -0.493 e. The average Bonchev–Trinajstić information content (AvgIpc) is 3.18. The summed E-state index contributed by atoms with van der Waals surface area (Å²) in [5, 5.41) is 0.0176. The molecule has 1 aliphatic carbocycles. The van der Waals surface area contributed by atoms with Crippen LogP contribution in [0.25, 0.3) is 0 Å². The Kier molecular flexibility index (Phi) is 6.64. The molecule has 7 nitrogen and oxygen atoms in total. The van der Waals surface area contributed by atoms with Gasteiger partial charge in [-0.1, -0.05) is 36.4 Å². The largest absolute Gasteiger partial charge is 0.493 e. The lowest BCUT2D eigenvalue weighted by molar-refractivity contribution is 0.316. The van der Waals surface area contributed by atoms with E-state index in [0.29, 0.717) is 18.9 Å². The van der Waals surface area contributed by atoms with E-state index in [1.54, 1.807) is 11.6 Å². The van der Waals surface area contributed by atoms with Crippen LogP contribution in [0.2, 0.25) is 0 Å². The molecular weight excluding hydrogens is 424 g/mol. The van der Waals surface area contributed by atoms with Crippen LogP contribution in [0.4, 0.5) is 0 Å². The summed E-state index contributed by atoms with van der Waals surface area (Å²) in [6, 6.07) is 16.9. The molecule has 32 heavy (non-hydrogen) atoms. The molecule has 1 aromatic heterocycles. The fraction of sp³-hybridized carbons (Fsp3) is 0.375. The zero-order chi connectivity index (χ0) is 22.7. The first kappa shape index (κ1) is 22.5. The fourth-order valence-corrected chi connectivity index (χ4v) is 5.05. The summed E-state index contributed by atoms with van der Waals surface area (Å²) < 4.78 is 33.9. The maximum Gasteiger partial charge on any atom is 0.259 e. The van der Waals surface area contributed by atoms with E-state index in [1.807, 2.05) is 12.1 Å². The predicted octanol–water partition coefficient (Wildman–Crippen LogP) is 2.55. The van der Waals surface area contributed by atoms with Crippen LogP contribution < -0.4 is 15.2 Å². The third-order valence-corrected chi connectivity index (χ3v) is 7.45. The molecule has 0 saturated carbocycles. The first-order valence-electron chi connectivity index (χ1n) is 10.9. The molecule has 0 fully saturated rings. The molecule has 0 spiro atoms. The van der Waals surface area contributed by atoms with Crippen LogP contribution in [0.3, 0.4) is 0 Å². The van der Waals surface area contributed by atoms with Crippen molar-refractivity contribution in [3.63, 3.8) is 0 Å². The lowest BCUT2D eigenvalue weighted by Crippen LogP contribution is -2.34.